The van der Waals surface area contributed by atoms with Crippen LogP contribution in [0.15, 0.2) is 0 Å². The van der Waals surface area contributed by atoms with Gasteiger partial charge in [0.15, 0.2) is 0 Å². The highest BCUT2D eigenvalue weighted by Crippen LogP contribution is 2.44. The maximum Gasteiger partial charge on any atom is 0.309 e. The van der Waals surface area contributed by atoms with Gasteiger partial charge in [-0.2, -0.15) is 0 Å². The Bertz CT molecular complexity index is 339. The summed E-state index contributed by atoms with van der Waals surface area (Å²) in [5.41, 5.74) is 0. The van der Waals surface area contributed by atoms with Crippen LogP contribution in [0, 0.1) is 17.8 Å². The van der Waals surface area contributed by atoms with Crippen molar-refractivity contribution in [3.63, 3.8) is 0 Å². The first-order valence-electron chi connectivity index (χ1n) is 8.92. The zero-order chi connectivity index (χ0) is 14.5. The summed E-state index contributed by atoms with van der Waals surface area (Å²) >= 11 is 0. The Kier molecular flexibility index (Phi) is 5.53. The first kappa shape index (κ1) is 15.3. The molecule has 0 spiro atoms. The molecule has 1 heterocycles. The van der Waals surface area contributed by atoms with E-state index in [1.807, 2.05) is 0 Å². The van der Waals surface area contributed by atoms with Crippen LogP contribution in [0.25, 0.3) is 0 Å². The summed E-state index contributed by atoms with van der Waals surface area (Å²) < 4.78 is 11.0. The Morgan fingerprint density at radius 1 is 1.05 bits per heavy atom. The SMILES string of the molecule is O=C(OCC[NH+]1CCOCC1)C1CCCC2CCCCC21. The molecule has 120 valence electrons. The lowest BCUT2D eigenvalue weighted by atomic mass is 9.65. The van der Waals surface area contributed by atoms with Gasteiger partial charge in [-0.3, -0.25) is 4.79 Å². The van der Waals surface area contributed by atoms with Gasteiger partial charge in [-0.25, -0.2) is 0 Å². The molecule has 0 aromatic rings. The Labute approximate surface area is 128 Å². The number of carbonyl (C=O) groups is 1. The van der Waals surface area contributed by atoms with Crippen molar-refractivity contribution in [2.45, 2.75) is 44.9 Å². The van der Waals surface area contributed by atoms with Crippen LogP contribution in [0.1, 0.15) is 44.9 Å². The van der Waals surface area contributed by atoms with Gasteiger partial charge in [-0.15, -0.1) is 0 Å². The van der Waals surface area contributed by atoms with Crippen molar-refractivity contribution < 1.29 is 19.2 Å². The number of esters is 1. The van der Waals surface area contributed by atoms with Crippen LogP contribution in [0.4, 0.5) is 0 Å². The topological polar surface area (TPSA) is 40.0 Å². The van der Waals surface area contributed by atoms with Gasteiger partial charge in [-0.05, 0) is 24.7 Å². The Balaban J connectivity index is 1.43. The van der Waals surface area contributed by atoms with Crippen LogP contribution in [-0.4, -0.2) is 45.4 Å². The zero-order valence-corrected chi connectivity index (χ0v) is 13.1. The molecule has 3 aliphatic rings. The maximum absolute atomic E-state index is 12.4. The number of ether oxygens (including phenoxy) is 2. The molecule has 3 atom stereocenters. The van der Waals surface area contributed by atoms with E-state index in [0.29, 0.717) is 12.5 Å². The molecular formula is C17H30NO3+. The minimum absolute atomic E-state index is 0.0965. The van der Waals surface area contributed by atoms with Gasteiger partial charge in [0.05, 0.1) is 19.1 Å². The van der Waals surface area contributed by atoms with Gasteiger partial charge >= 0.3 is 5.97 Å². The normalized spacial score (nSPS) is 34.2. The molecule has 3 rings (SSSR count). The Morgan fingerprint density at radius 3 is 2.67 bits per heavy atom. The quantitative estimate of drug-likeness (QED) is 0.788. The molecule has 0 amide bonds. The molecule has 2 aliphatic carbocycles. The molecule has 1 saturated heterocycles. The maximum atomic E-state index is 12.4. The van der Waals surface area contributed by atoms with Crippen molar-refractivity contribution in [2.24, 2.45) is 17.8 Å². The zero-order valence-electron chi connectivity index (χ0n) is 13.1. The summed E-state index contributed by atoms with van der Waals surface area (Å²) in [6.07, 6.45) is 8.88. The number of hydrogen-bond donors (Lipinski definition) is 1. The van der Waals surface area contributed by atoms with Crippen molar-refractivity contribution in [1.82, 2.24) is 0 Å². The average Bonchev–Trinajstić information content (AvgIpc) is 2.55. The molecule has 0 bridgehead atoms. The third kappa shape index (κ3) is 3.98. The Hall–Kier alpha value is -0.610. The predicted octanol–water partition coefficient (Wildman–Crippen LogP) is 1.05. The molecule has 4 heteroatoms. The smallest absolute Gasteiger partial charge is 0.309 e. The first-order chi connectivity index (χ1) is 10.3. The highest BCUT2D eigenvalue weighted by Gasteiger charge is 2.39. The van der Waals surface area contributed by atoms with E-state index < -0.39 is 0 Å². The van der Waals surface area contributed by atoms with E-state index in [9.17, 15) is 4.79 Å². The fraction of sp³-hybridized carbons (Fsp3) is 0.941. The summed E-state index contributed by atoms with van der Waals surface area (Å²) in [4.78, 5) is 13.9. The van der Waals surface area contributed by atoms with Gasteiger partial charge in [0.1, 0.15) is 26.2 Å². The van der Waals surface area contributed by atoms with E-state index in [1.165, 1.54) is 43.4 Å². The lowest BCUT2D eigenvalue weighted by molar-refractivity contribution is -0.908. The average molecular weight is 296 g/mol. The highest BCUT2D eigenvalue weighted by atomic mass is 16.5. The monoisotopic (exact) mass is 296 g/mol. The van der Waals surface area contributed by atoms with E-state index in [0.717, 1.165) is 45.2 Å². The number of fused-ring (bicyclic) bond motifs is 1. The van der Waals surface area contributed by atoms with Crippen molar-refractivity contribution in [3.05, 3.63) is 0 Å². The van der Waals surface area contributed by atoms with Gasteiger partial charge in [0.2, 0.25) is 0 Å². The van der Waals surface area contributed by atoms with Gasteiger partial charge < -0.3 is 14.4 Å². The molecular weight excluding hydrogens is 266 g/mol. The number of morpholine rings is 1. The summed E-state index contributed by atoms with van der Waals surface area (Å²) in [6.45, 7) is 5.31. The molecule has 0 aromatic heterocycles. The lowest BCUT2D eigenvalue weighted by Crippen LogP contribution is -3.14. The third-order valence-corrected chi connectivity index (χ3v) is 5.78. The number of quaternary nitrogens is 1. The fourth-order valence-corrected chi connectivity index (χ4v) is 4.54. The standard InChI is InChI=1S/C17H29NO3/c19-17(21-13-10-18-8-11-20-12-9-18)16-7-3-5-14-4-1-2-6-15(14)16/h14-16H,1-13H2/p+1. The number of hydrogen-bond acceptors (Lipinski definition) is 3. The second-order valence-electron chi connectivity index (χ2n) is 7.03. The summed E-state index contributed by atoms with van der Waals surface area (Å²) in [5, 5.41) is 0. The van der Waals surface area contributed by atoms with Crippen LogP contribution in [0.5, 0.6) is 0 Å². The van der Waals surface area contributed by atoms with Crippen molar-refractivity contribution in [2.75, 3.05) is 39.5 Å². The predicted molar refractivity (Wildman–Crippen MR) is 80.1 cm³/mol. The van der Waals surface area contributed by atoms with Gasteiger partial charge in [0, 0.05) is 0 Å². The molecule has 1 N–H and O–H groups in total. The summed E-state index contributed by atoms with van der Waals surface area (Å²) in [5.74, 6) is 1.72. The van der Waals surface area contributed by atoms with E-state index in [-0.39, 0.29) is 11.9 Å². The first-order valence-corrected chi connectivity index (χ1v) is 8.92. The number of nitrogens with one attached hydrogen (secondary N) is 1. The molecule has 21 heavy (non-hydrogen) atoms. The van der Waals surface area contributed by atoms with E-state index in [2.05, 4.69) is 0 Å². The van der Waals surface area contributed by atoms with E-state index in [4.69, 9.17) is 9.47 Å². The fourth-order valence-electron chi connectivity index (χ4n) is 4.54. The lowest BCUT2D eigenvalue weighted by Gasteiger charge is -2.40. The largest absolute Gasteiger partial charge is 0.459 e. The van der Waals surface area contributed by atoms with Crippen LogP contribution in [-0.2, 0) is 14.3 Å². The Morgan fingerprint density at radius 2 is 1.81 bits per heavy atom. The summed E-state index contributed by atoms with van der Waals surface area (Å²) in [6, 6.07) is 0. The summed E-state index contributed by atoms with van der Waals surface area (Å²) in [7, 11) is 0. The highest BCUT2D eigenvalue weighted by molar-refractivity contribution is 5.73. The molecule has 3 unspecified atom stereocenters. The van der Waals surface area contributed by atoms with E-state index >= 15 is 0 Å². The van der Waals surface area contributed by atoms with Gasteiger partial charge in [-0.1, -0.05) is 32.1 Å². The van der Waals surface area contributed by atoms with E-state index in [1.54, 1.807) is 0 Å². The number of carbonyl (C=O) groups excluding carboxylic acids is 1. The minimum Gasteiger partial charge on any atom is -0.459 e. The minimum atomic E-state index is 0.0965. The second kappa shape index (κ2) is 7.59. The van der Waals surface area contributed by atoms with Crippen LogP contribution >= 0.6 is 0 Å². The molecule has 2 saturated carbocycles. The van der Waals surface area contributed by atoms with Crippen LogP contribution in [0.2, 0.25) is 0 Å². The molecule has 3 fully saturated rings. The molecule has 0 radical (unpaired) electrons. The molecule has 4 nitrogen and oxygen atoms in total. The van der Waals surface area contributed by atoms with Gasteiger partial charge in [0.25, 0.3) is 0 Å². The second-order valence-corrected chi connectivity index (χ2v) is 7.03. The van der Waals surface area contributed by atoms with Crippen molar-refractivity contribution in [1.29, 1.82) is 0 Å². The number of rotatable bonds is 4. The third-order valence-electron chi connectivity index (χ3n) is 5.78. The van der Waals surface area contributed by atoms with Crippen molar-refractivity contribution in [3.8, 4) is 0 Å². The molecule has 1 aliphatic heterocycles. The van der Waals surface area contributed by atoms with Crippen LogP contribution < -0.4 is 4.90 Å². The van der Waals surface area contributed by atoms with Crippen molar-refractivity contribution >= 4 is 5.97 Å². The van der Waals surface area contributed by atoms with Crippen LogP contribution in [0.3, 0.4) is 0 Å². The molecule has 0 aromatic carbocycles.